The topological polar surface area (TPSA) is 29.5 Å². The number of thioether (sulfide) groups is 2. The molecular weight excluding hydrogens is 290 g/mol. The summed E-state index contributed by atoms with van der Waals surface area (Å²) in [7, 11) is 2.15. The summed E-state index contributed by atoms with van der Waals surface area (Å²) in [6.07, 6.45) is 6.25. The average Bonchev–Trinajstić information content (AvgIpc) is 2.79. The van der Waals surface area contributed by atoms with Crippen molar-refractivity contribution in [1.82, 2.24) is 4.90 Å². The molecule has 0 bridgehead atoms. The van der Waals surface area contributed by atoms with Gasteiger partial charge in [0.15, 0.2) is 0 Å². The van der Waals surface area contributed by atoms with Gasteiger partial charge in [0.2, 0.25) is 0 Å². The molecule has 2 aliphatic heterocycles. The molecule has 2 saturated heterocycles. The van der Waals surface area contributed by atoms with Crippen LogP contribution < -0.4 is 0 Å². The van der Waals surface area contributed by atoms with E-state index in [2.05, 4.69) is 35.5 Å². The van der Waals surface area contributed by atoms with Gasteiger partial charge in [-0.05, 0) is 57.1 Å². The highest BCUT2D eigenvalue weighted by Crippen LogP contribution is 2.57. The van der Waals surface area contributed by atoms with Gasteiger partial charge < -0.3 is 4.74 Å². The molecule has 0 unspecified atom stereocenters. The number of likely N-dealkylation sites (N-methyl/N-ethyl adjacent to an activating group) is 1. The Morgan fingerprint density at radius 2 is 2.10 bits per heavy atom. The van der Waals surface area contributed by atoms with Gasteiger partial charge in [-0.2, -0.15) is 0 Å². The lowest BCUT2D eigenvalue weighted by molar-refractivity contribution is -0.148. The van der Waals surface area contributed by atoms with Crippen LogP contribution in [0.15, 0.2) is 0 Å². The number of ether oxygens (including phenoxy) is 1. The van der Waals surface area contributed by atoms with Crippen molar-refractivity contribution in [1.29, 1.82) is 0 Å². The van der Waals surface area contributed by atoms with Crippen molar-refractivity contribution in [3.8, 4) is 0 Å². The van der Waals surface area contributed by atoms with E-state index in [9.17, 15) is 4.79 Å². The summed E-state index contributed by atoms with van der Waals surface area (Å²) in [5.41, 5.74) is 0. The molecule has 0 aromatic rings. The van der Waals surface area contributed by atoms with E-state index in [4.69, 9.17) is 4.74 Å². The Labute approximate surface area is 130 Å². The maximum absolute atomic E-state index is 12.2. The molecule has 3 aliphatic rings. The molecule has 3 nitrogen and oxygen atoms in total. The van der Waals surface area contributed by atoms with Crippen molar-refractivity contribution in [3.05, 3.63) is 0 Å². The SMILES string of the molecule is CCOC(=O)[C@H]1C[C@H]2CCCC3(SCCCS3)[C@H]2N1C. The molecule has 0 aromatic carbocycles. The third-order valence-corrected chi connectivity index (χ3v) is 8.56. The van der Waals surface area contributed by atoms with E-state index < -0.39 is 0 Å². The van der Waals surface area contributed by atoms with Crippen LogP contribution in [-0.4, -0.2) is 52.2 Å². The molecule has 0 N–H and O–H groups in total. The van der Waals surface area contributed by atoms with Crippen molar-refractivity contribution in [3.63, 3.8) is 0 Å². The molecule has 1 saturated carbocycles. The highest BCUT2D eigenvalue weighted by molar-refractivity contribution is 8.18. The highest BCUT2D eigenvalue weighted by atomic mass is 32.2. The fraction of sp³-hybridized carbons (Fsp3) is 0.933. The molecule has 3 fully saturated rings. The van der Waals surface area contributed by atoms with E-state index in [1.165, 1.54) is 37.2 Å². The maximum Gasteiger partial charge on any atom is 0.323 e. The van der Waals surface area contributed by atoms with Crippen molar-refractivity contribution in [2.24, 2.45) is 5.92 Å². The summed E-state index contributed by atoms with van der Waals surface area (Å²) in [6.45, 7) is 2.39. The van der Waals surface area contributed by atoms with Crippen LogP contribution in [-0.2, 0) is 9.53 Å². The lowest BCUT2D eigenvalue weighted by Crippen LogP contribution is -2.52. The summed E-state index contributed by atoms with van der Waals surface area (Å²) in [4.78, 5) is 14.5. The van der Waals surface area contributed by atoms with Gasteiger partial charge >= 0.3 is 5.97 Å². The van der Waals surface area contributed by atoms with Gasteiger partial charge in [0, 0.05) is 6.04 Å². The number of hydrogen-bond donors (Lipinski definition) is 0. The summed E-state index contributed by atoms with van der Waals surface area (Å²) < 4.78 is 5.63. The Bertz CT molecular complexity index is 365. The van der Waals surface area contributed by atoms with Crippen molar-refractivity contribution >= 4 is 29.5 Å². The van der Waals surface area contributed by atoms with Crippen molar-refractivity contribution in [2.45, 2.75) is 55.2 Å². The van der Waals surface area contributed by atoms with Gasteiger partial charge in [-0.3, -0.25) is 9.69 Å². The molecule has 114 valence electrons. The minimum atomic E-state index is -0.0111. The van der Waals surface area contributed by atoms with E-state index in [0.717, 1.165) is 6.42 Å². The Hall–Kier alpha value is 0.130. The van der Waals surface area contributed by atoms with E-state index >= 15 is 0 Å². The van der Waals surface area contributed by atoms with E-state index in [1.807, 2.05) is 6.92 Å². The number of esters is 1. The summed E-state index contributed by atoms with van der Waals surface area (Å²) in [6, 6.07) is 0.545. The molecule has 3 rings (SSSR count). The van der Waals surface area contributed by atoms with E-state index in [1.54, 1.807) is 0 Å². The number of hydrogen-bond acceptors (Lipinski definition) is 5. The van der Waals surface area contributed by atoms with Gasteiger partial charge in [-0.25, -0.2) is 0 Å². The minimum Gasteiger partial charge on any atom is -0.465 e. The number of carbonyl (C=O) groups is 1. The monoisotopic (exact) mass is 315 g/mol. The molecule has 0 aromatic heterocycles. The first-order valence-corrected chi connectivity index (χ1v) is 9.81. The lowest BCUT2D eigenvalue weighted by Gasteiger charge is -2.49. The quantitative estimate of drug-likeness (QED) is 0.731. The predicted octanol–water partition coefficient (Wildman–Crippen LogP) is 2.99. The number of nitrogens with zero attached hydrogens (tertiary/aromatic N) is 1. The first kappa shape index (κ1) is 15.0. The minimum absolute atomic E-state index is 0.00893. The largest absolute Gasteiger partial charge is 0.465 e. The summed E-state index contributed by atoms with van der Waals surface area (Å²) in [5, 5.41) is 0. The smallest absolute Gasteiger partial charge is 0.323 e. The molecular formula is C15H25NO2S2. The Balaban J connectivity index is 1.80. The second kappa shape index (κ2) is 6.09. The van der Waals surface area contributed by atoms with Gasteiger partial charge in [-0.1, -0.05) is 6.42 Å². The Morgan fingerprint density at radius 1 is 1.35 bits per heavy atom. The maximum atomic E-state index is 12.2. The number of fused-ring (bicyclic) bond motifs is 2. The number of carbonyl (C=O) groups excluding carboxylic acids is 1. The zero-order chi connectivity index (χ0) is 14.2. The fourth-order valence-corrected chi connectivity index (χ4v) is 8.14. The third kappa shape index (κ3) is 2.50. The second-order valence-electron chi connectivity index (χ2n) is 6.13. The second-order valence-corrected chi connectivity index (χ2v) is 9.24. The molecule has 0 amide bonds. The van der Waals surface area contributed by atoms with Crippen LogP contribution in [0.2, 0.25) is 0 Å². The Kier molecular flexibility index (Phi) is 4.58. The van der Waals surface area contributed by atoms with Crippen LogP contribution in [0.5, 0.6) is 0 Å². The summed E-state index contributed by atoms with van der Waals surface area (Å²) >= 11 is 4.33. The Morgan fingerprint density at radius 3 is 2.80 bits per heavy atom. The van der Waals surface area contributed by atoms with Gasteiger partial charge in [0.05, 0.1) is 10.7 Å². The van der Waals surface area contributed by atoms with Crippen LogP contribution in [0.25, 0.3) is 0 Å². The van der Waals surface area contributed by atoms with Gasteiger partial charge in [-0.15, -0.1) is 23.5 Å². The van der Waals surface area contributed by atoms with E-state index in [0.29, 0.717) is 22.6 Å². The van der Waals surface area contributed by atoms with Crippen molar-refractivity contribution < 1.29 is 9.53 Å². The van der Waals surface area contributed by atoms with Crippen LogP contribution in [0, 0.1) is 5.92 Å². The van der Waals surface area contributed by atoms with Gasteiger partial charge in [0.25, 0.3) is 0 Å². The average molecular weight is 316 g/mol. The third-order valence-electron chi connectivity index (χ3n) is 4.99. The first-order chi connectivity index (χ1) is 9.68. The molecule has 2 heterocycles. The molecule has 1 aliphatic carbocycles. The molecule has 20 heavy (non-hydrogen) atoms. The van der Waals surface area contributed by atoms with Crippen LogP contribution in [0.1, 0.15) is 39.0 Å². The predicted molar refractivity (Wildman–Crippen MR) is 86.2 cm³/mol. The standard InChI is InChI=1S/C15H25NO2S2/c1-3-18-14(17)12-10-11-6-4-7-15(13(11)16(12)2)19-8-5-9-20-15/h11-13H,3-10H2,1-2H3/t11-,12-,13+/m1/s1. The zero-order valence-corrected chi connectivity index (χ0v) is 14.1. The summed E-state index contributed by atoms with van der Waals surface area (Å²) in [5.74, 6) is 3.24. The number of rotatable bonds is 2. The molecule has 0 radical (unpaired) electrons. The van der Waals surface area contributed by atoms with Crippen molar-refractivity contribution in [2.75, 3.05) is 25.2 Å². The molecule has 3 atom stereocenters. The first-order valence-electron chi connectivity index (χ1n) is 7.84. The van der Waals surface area contributed by atoms with Crippen LogP contribution >= 0.6 is 23.5 Å². The van der Waals surface area contributed by atoms with E-state index in [-0.39, 0.29) is 12.0 Å². The normalized spacial score (nSPS) is 36.8. The van der Waals surface area contributed by atoms with Crippen LogP contribution in [0.3, 0.4) is 0 Å². The fourth-order valence-electron chi connectivity index (χ4n) is 4.22. The number of likely N-dealkylation sites (tertiary alicyclic amines) is 1. The lowest BCUT2D eigenvalue weighted by atomic mass is 9.84. The zero-order valence-electron chi connectivity index (χ0n) is 12.5. The van der Waals surface area contributed by atoms with Crippen LogP contribution in [0.4, 0.5) is 0 Å². The molecule has 1 spiro atoms. The molecule has 5 heteroatoms. The van der Waals surface area contributed by atoms with Gasteiger partial charge in [0.1, 0.15) is 6.04 Å². The highest BCUT2D eigenvalue weighted by Gasteiger charge is 2.55.